The number of thioether (sulfide) groups is 1. The Morgan fingerprint density at radius 3 is 2.69 bits per heavy atom. The van der Waals surface area contributed by atoms with Crippen LogP contribution < -0.4 is 10.1 Å². The fourth-order valence-electron chi connectivity index (χ4n) is 2.67. The second-order valence-electron chi connectivity index (χ2n) is 5.98. The summed E-state index contributed by atoms with van der Waals surface area (Å²) in [5.74, 6) is 1.18. The Morgan fingerprint density at radius 2 is 1.93 bits per heavy atom. The van der Waals surface area contributed by atoms with Crippen LogP contribution in [-0.2, 0) is 4.79 Å². The third-order valence-electron chi connectivity index (χ3n) is 4.03. The maximum atomic E-state index is 13.1. The third-order valence-corrected chi connectivity index (χ3v) is 5.12. The van der Waals surface area contributed by atoms with Crippen molar-refractivity contribution in [2.24, 2.45) is 0 Å². The van der Waals surface area contributed by atoms with Crippen molar-refractivity contribution in [3.8, 4) is 17.4 Å². The molecule has 8 heteroatoms. The fraction of sp³-hybridized carbons (Fsp3) is 0.0952. The first-order chi connectivity index (χ1) is 14.2. The molecule has 4 aromatic rings. The first-order valence-electron chi connectivity index (χ1n) is 8.77. The van der Waals surface area contributed by atoms with Crippen molar-refractivity contribution in [2.45, 2.75) is 10.5 Å². The van der Waals surface area contributed by atoms with Gasteiger partial charge >= 0.3 is 0 Å². The van der Waals surface area contributed by atoms with Crippen molar-refractivity contribution in [1.82, 2.24) is 10.2 Å². The molecule has 0 saturated heterocycles. The van der Waals surface area contributed by atoms with Crippen LogP contribution in [0.2, 0.25) is 0 Å². The number of ether oxygens (including phenoxy) is 1. The van der Waals surface area contributed by atoms with E-state index in [1.165, 1.54) is 18.0 Å². The number of nitrogens with zero attached hydrogens (tertiary/aromatic N) is 2. The largest absolute Gasteiger partial charge is 0.497 e. The van der Waals surface area contributed by atoms with Crippen molar-refractivity contribution in [3.05, 3.63) is 78.6 Å². The molecule has 0 radical (unpaired) electrons. The Labute approximate surface area is 171 Å². The van der Waals surface area contributed by atoms with Crippen molar-refractivity contribution in [3.63, 3.8) is 0 Å². The minimum Gasteiger partial charge on any atom is -0.497 e. The quantitative estimate of drug-likeness (QED) is 0.440. The van der Waals surface area contributed by atoms with Crippen LogP contribution in [0.4, 0.5) is 5.69 Å². The first-order valence-corrected chi connectivity index (χ1v) is 9.65. The summed E-state index contributed by atoms with van der Waals surface area (Å²) in [6.45, 7) is 0. The number of hydrogen-bond acceptors (Lipinski definition) is 7. The van der Waals surface area contributed by atoms with E-state index in [2.05, 4.69) is 15.5 Å². The van der Waals surface area contributed by atoms with Crippen LogP contribution >= 0.6 is 11.8 Å². The molecule has 1 N–H and O–H groups in total. The van der Waals surface area contributed by atoms with Crippen LogP contribution in [0.5, 0.6) is 5.75 Å². The summed E-state index contributed by atoms with van der Waals surface area (Å²) in [6, 6.07) is 20.1. The normalized spacial score (nSPS) is 11.8. The van der Waals surface area contributed by atoms with Gasteiger partial charge in [0.15, 0.2) is 5.76 Å². The number of hydrogen-bond donors (Lipinski definition) is 1. The molecule has 2 heterocycles. The lowest BCUT2D eigenvalue weighted by atomic mass is 10.1. The maximum Gasteiger partial charge on any atom is 0.284 e. The molecule has 0 unspecified atom stereocenters. The Hall–Kier alpha value is -3.52. The van der Waals surface area contributed by atoms with Gasteiger partial charge in [-0.15, -0.1) is 10.2 Å². The van der Waals surface area contributed by atoms with Gasteiger partial charge in [-0.05, 0) is 41.6 Å². The van der Waals surface area contributed by atoms with Gasteiger partial charge in [0.1, 0.15) is 11.0 Å². The summed E-state index contributed by atoms with van der Waals surface area (Å²) in [5, 5.41) is 10.6. The molecule has 146 valence electrons. The molecule has 1 amide bonds. The minimum absolute atomic E-state index is 0.216. The molecule has 4 rings (SSSR count). The molecular formula is C21H17N3O4S. The van der Waals surface area contributed by atoms with Crippen molar-refractivity contribution < 1.29 is 18.4 Å². The van der Waals surface area contributed by atoms with Gasteiger partial charge in [-0.1, -0.05) is 36.4 Å². The molecular weight excluding hydrogens is 390 g/mol. The average Bonchev–Trinajstić information content (AvgIpc) is 3.44. The predicted molar refractivity (Wildman–Crippen MR) is 109 cm³/mol. The average molecular weight is 407 g/mol. The van der Waals surface area contributed by atoms with E-state index in [0.29, 0.717) is 17.2 Å². The summed E-state index contributed by atoms with van der Waals surface area (Å²) < 4.78 is 16.2. The Morgan fingerprint density at radius 1 is 1.07 bits per heavy atom. The summed E-state index contributed by atoms with van der Waals surface area (Å²) in [4.78, 5) is 13.1. The number of furan rings is 1. The lowest BCUT2D eigenvalue weighted by Crippen LogP contribution is -2.19. The number of benzene rings is 2. The third kappa shape index (κ3) is 4.49. The monoisotopic (exact) mass is 407 g/mol. The maximum absolute atomic E-state index is 13.1. The number of carbonyl (C=O) groups is 1. The van der Waals surface area contributed by atoms with Gasteiger partial charge in [-0.25, -0.2) is 0 Å². The van der Waals surface area contributed by atoms with Gasteiger partial charge in [0.2, 0.25) is 5.91 Å². The highest BCUT2D eigenvalue weighted by Gasteiger charge is 2.25. The zero-order chi connectivity index (χ0) is 20.1. The van der Waals surface area contributed by atoms with Crippen LogP contribution in [0.3, 0.4) is 0 Å². The molecule has 0 aliphatic carbocycles. The fourth-order valence-corrected chi connectivity index (χ4v) is 3.54. The number of methoxy groups -OCH3 is 1. The number of carbonyl (C=O) groups excluding carboxylic acids is 1. The van der Waals surface area contributed by atoms with E-state index in [9.17, 15) is 4.79 Å². The van der Waals surface area contributed by atoms with E-state index in [4.69, 9.17) is 13.6 Å². The smallest absolute Gasteiger partial charge is 0.284 e. The number of rotatable bonds is 7. The number of nitrogens with one attached hydrogen (secondary N) is 1. The molecule has 2 aromatic heterocycles. The zero-order valence-corrected chi connectivity index (χ0v) is 16.3. The molecule has 0 spiro atoms. The van der Waals surface area contributed by atoms with Gasteiger partial charge in [0.05, 0.1) is 13.4 Å². The van der Waals surface area contributed by atoms with Crippen molar-refractivity contribution in [2.75, 3.05) is 12.4 Å². The Bertz CT molecular complexity index is 1080. The second kappa shape index (κ2) is 8.66. The lowest BCUT2D eigenvalue weighted by Gasteiger charge is -2.15. The van der Waals surface area contributed by atoms with E-state index in [0.717, 1.165) is 5.56 Å². The van der Waals surface area contributed by atoms with Crippen LogP contribution in [0.15, 0.2) is 87.1 Å². The Kier molecular flexibility index (Phi) is 5.62. The topological polar surface area (TPSA) is 90.4 Å². The van der Waals surface area contributed by atoms with Crippen LogP contribution in [0, 0.1) is 0 Å². The molecule has 0 aliphatic rings. The molecule has 29 heavy (non-hydrogen) atoms. The summed E-state index contributed by atoms with van der Waals surface area (Å²) >= 11 is 1.17. The second-order valence-corrected chi connectivity index (χ2v) is 7.04. The lowest BCUT2D eigenvalue weighted by molar-refractivity contribution is -0.115. The highest BCUT2D eigenvalue weighted by Crippen LogP contribution is 2.36. The summed E-state index contributed by atoms with van der Waals surface area (Å²) in [6.07, 6.45) is 1.53. The molecule has 1 atom stereocenters. The van der Waals surface area contributed by atoms with E-state index >= 15 is 0 Å². The van der Waals surface area contributed by atoms with Gasteiger partial charge in [-0.3, -0.25) is 4.79 Å². The highest BCUT2D eigenvalue weighted by molar-refractivity contribution is 8.00. The minimum atomic E-state index is -0.590. The molecule has 0 fully saturated rings. The highest BCUT2D eigenvalue weighted by atomic mass is 32.2. The SMILES string of the molecule is COc1cccc(NC(=O)[C@@H](Sc2nnc(-c3ccco3)o2)c2ccccc2)c1. The standard InChI is InChI=1S/C21H17N3O4S/c1-26-16-10-5-9-15(13-16)22-19(25)18(14-7-3-2-4-8-14)29-21-24-23-20(28-21)17-11-6-12-27-17/h2-13,18H,1H3,(H,22,25)/t18-/m0/s1. The van der Waals surface area contributed by atoms with Gasteiger partial charge in [0.25, 0.3) is 11.1 Å². The van der Waals surface area contributed by atoms with E-state index in [-0.39, 0.29) is 17.0 Å². The summed E-state index contributed by atoms with van der Waals surface area (Å²) in [5.41, 5.74) is 1.45. The predicted octanol–water partition coefficient (Wildman–Crippen LogP) is 4.81. The van der Waals surface area contributed by atoms with Gasteiger partial charge < -0.3 is 18.9 Å². The van der Waals surface area contributed by atoms with Gasteiger partial charge in [0, 0.05) is 11.8 Å². The van der Waals surface area contributed by atoms with Crippen molar-refractivity contribution >= 4 is 23.4 Å². The van der Waals surface area contributed by atoms with Crippen LogP contribution in [-0.4, -0.2) is 23.2 Å². The van der Waals surface area contributed by atoms with Crippen LogP contribution in [0.25, 0.3) is 11.7 Å². The molecule has 0 aliphatic heterocycles. The number of aromatic nitrogens is 2. The van der Waals surface area contributed by atoms with E-state index in [1.54, 1.807) is 31.4 Å². The van der Waals surface area contributed by atoms with E-state index < -0.39 is 5.25 Å². The number of amides is 1. The zero-order valence-electron chi connectivity index (χ0n) is 15.4. The van der Waals surface area contributed by atoms with E-state index in [1.807, 2.05) is 42.5 Å². The van der Waals surface area contributed by atoms with Crippen molar-refractivity contribution in [1.29, 1.82) is 0 Å². The number of anilines is 1. The molecule has 2 aromatic carbocycles. The van der Waals surface area contributed by atoms with Gasteiger partial charge in [-0.2, -0.15) is 0 Å². The van der Waals surface area contributed by atoms with Crippen LogP contribution in [0.1, 0.15) is 10.8 Å². The molecule has 0 saturated carbocycles. The Balaban J connectivity index is 1.57. The molecule has 7 nitrogen and oxygen atoms in total. The summed E-state index contributed by atoms with van der Waals surface area (Å²) in [7, 11) is 1.58. The first kappa shape index (κ1) is 18.8. The molecule has 0 bridgehead atoms.